The summed E-state index contributed by atoms with van der Waals surface area (Å²) in [6.07, 6.45) is 0. The van der Waals surface area contributed by atoms with E-state index in [0.29, 0.717) is 0 Å². The van der Waals surface area contributed by atoms with Gasteiger partial charge in [0, 0.05) is 19.5 Å². The third-order valence-electron chi connectivity index (χ3n) is 0. The molecule has 15 nitrogen and oxygen atoms in total. The van der Waals surface area contributed by atoms with Crippen LogP contribution in [0, 0.1) is 30.3 Å². The zero-order valence-electron chi connectivity index (χ0n) is 8.39. The molecule has 0 amide bonds. The maximum atomic E-state index is 8.00. The summed E-state index contributed by atoms with van der Waals surface area (Å²) in [6, 6.07) is 0. The minimum Gasteiger partial charge on any atom is -0.444 e. The van der Waals surface area contributed by atoms with E-state index in [1.807, 2.05) is 0 Å². The largest absolute Gasteiger partial charge is 0.444 e. The summed E-state index contributed by atoms with van der Waals surface area (Å²) in [5.41, 5.74) is 0. The predicted molar refractivity (Wildman–Crippen MR) is 57.6 cm³/mol. The molecule has 0 aliphatic rings. The first-order chi connectivity index (χ1) is 4.24. The fraction of sp³-hybridized carbons (Fsp3) is 0. The predicted octanol–water partition coefficient (Wildman–Crippen LogP) is 1.72. The van der Waals surface area contributed by atoms with Gasteiger partial charge in [-0.1, -0.05) is 0 Å². The summed E-state index contributed by atoms with van der Waals surface area (Å²) in [5, 5.41) is 27.0. The Morgan fingerprint density at radius 2 is 0.500 bits per heavy atom. The third kappa shape index (κ3) is 841. The number of nitrogens with zero attached hydrogens (tertiary/aromatic N) is 3. The molecule has 0 spiro atoms. The van der Waals surface area contributed by atoms with Crippen LogP contribution in [0.15, 0.2) is 16.0 Å². The molecule has 0 aromatic rings. The monoisotopic (exact) mass is 342 g/mol. The Morgan fingerprint density at radius 1 is 0.500 bits per heavy atom. The van der Waals surface area contributed by atoms with Crippen molar-refractivity contribution in [1.29, 1.82) is 0 Å². The molecule has 0 heterocycles. The molecule has 18 N–H and O–H groups in total. The molecular formula is H18N9O6Ru-3. The SMILES string of the molecule is N.N.N.N.N.N.O=N[O-].O=N[O-].O=N[O-].[Ru]. The van der Waals surface area contributed by atoms with Gasteiger partial charge in [-0.25, -0.2) is 0 Å². The number of rotatable bonds is 0. The van der Waals surface area contributed by atoms with Crippen molar-refractivity contribution in [3.05, 3.63) is 30.3 Å². The van der Waals surface area contributed by atoms with Crippen molar-refractivity contribution in [2.45, 2.75) is 0 Å². The van der Waals surface area contributed by atoms with Crippen LogP contribution in [0.2, 0.25) is 0 Å². The quantitative estimate of drug-likeness (QED) is 0.208. The van der Waals surface area contributed by atoms with Gasteiger partial charge in [0.2, 0.25) is 0 Å². The van der Waals surface area contributed by atoms with Crippen LogP contribution in [-0.2, 0) is 19.5 Å². The maximum Gasteiger partial charge on any atom is 0 e. The van der Waals surface area contributed by atoms with E-state index in [2.05, 4.69) is 0 Å². The molecular weight excluding hydrogens is 323 g/mol. The molecule has 0 aromatic carbocycles. The second-order valence-corrected chi connectivity index (χ2v) is 0.224. The molecule has 0 aromatic heterocycles. The summed E-state index contributed by atoms with van der Waals surface area (Å²) in [7, 11) is 0. The van der Waals surface area contributed by atoms with E-state index in [0.717, 1.165) is 16.0 Å². The molecule has 0 saturated heterocycles. The van der Waals surface area contributed by atoms with Crippen molar-refractivity contribution in [2.75, 3.05) is 0 Å². The second kappa shape index (κ2) is 858. The zero-order chi connectivity index (χ0) is 8.12. The Kier molecular flexibility index (Phi) is 6870. The maximum absolute atomic E-state index is 8.00. The van der Waals surface area contributed by atoms with Crippen molar-refractivity contribution in [3.63, 3.8) is 0 Å². The van der Waals surface area contributed by atoms with E-state index < -0.39 is 0 Å². The zero-order valence-corrected chi connectivity index (χ0v) is 10.1. The van der Waals surface area contributed by atoms with Crippen molar-refractivity contribution in [2.24, 2.45) is 16.0 Å². The average Bonchev–Trinajstić information content (AvgIpc) is 1.70. The van der Waals surface area contributed by atoms with Gasteiger partial charge in [-0.3, -0.25) is 0 Å². The van der Waals surface area contributed by atoms with Crippen LogP contribution < -0.4 is 36.9 Å². The van der Waals surface area contributed by atoms with Crippen LogP contribution in [0.1, 0.15) is 0 Å². The van der Waals surface area contributed by atoms with E-state index in [4.69, 9.17) is 30.3 Å². The molecule has 16 heavy (non-hydrogen) atoms. The molecule has 0 radical (unpaired) electrons. The molecule has 16 heteroatoms. The number of hydrogen-bond acceptors (Lipinski definition) is 15. The van der Waals surface area contributed by atoms with E-state index >= 15 is 0 Å². The Bertz CT molecular complexity index is 56.8. The molecule has 0 aliphatic carbocycles. The van der Waals surface area contributed by atoms with Crippen LogP contribution in [0.5, 0.6) is 0 Å². The van der Waals surface area contributed by atoms with Crippen LogP contribution in [0.3, 0.4) is 0 Å². The molecule has 0 unspecified atom stereocenters. The standard InChI is InChI=1S/3HNO2.6H3N.Ru/c3*2-1-3;;;;;;;/h3*(H,2,3);6*1H3;/p-3. The van der Waals surface area contributed by atoms with Crippen LogP contribution in [0.4, 0.5) is 0 Å². The van der Waals surface area contributed by atoms with Gasteiger partial charge >= 0.3 is 0 Å². The Labute approximate surface area is 103 Å². The Morgan fingerprint density at radius 3 is 0.500 bits per heavy atom. The van der Waals surface area contributed by atoms with Crippen LogP contribution in [-0.4, -0.2) is 0 Å². The molecule has 0 bridgehead atoms. The summed E-state index contributed by atoms with van der Waals surface area (Å²) < 4.78 is 0. The van der Waals surface area contributed by atoms with Crippen LogP contribution in [0.25, 0.3) is 0 Å². The molecule has 0 atom stereocenters. The third-order valence-corrected chi connectivity index (χ3v) is 0. The average molecular weight is 341 g/mol. The molecule has 0 rings (SSSR count). The van der Waals surface area contributed by atoms with Gasteiger partial charge in [0.15, 0.2) is 0 Å². The normalized spacial score (nSPS) is 2.25. The van der Waals surface area contributed by atoms with Crippen molar-refractivity contribution >= 4 is 0 Å². The van der Waals surface area contributed by atoms with E-state index in [1.165, 1.54) is 0 Å². The summed E-state index contributed by atoms with van der Waals surface area (Å²) >= 11 is 0. The fourth-order valence-corrected chi connectivity index (χ4v) is 0. The number of hydrogen-bond donors (Lipinski definition) is 6. The van der Waals surface area contributed by atoms with Gasteiger partial charge in [-0.15, -0.1) is 16.0 Å². The van der Waals surface area contributed by atoms with Crippen molar-refractivity contribution < 1.29 is 19.5 Å². The van der Waals surface area contributed by atoms with Crippen molar-refractivity contribution in [3.8, 4) is 0 Å². The molecule has 0 fully saturated rings. The Balaban J connectivity index is -0.00000000346. The van der Waals surface area contributed by atoms with E-state index in [-0.39, 0.29) is 56.4 Å². The van der Waals surface area contributed by atoms with Gasteiger partial charge in [0.1, 0.15) is 0 Å². The smallest absolute Gasteiger partial charge is 0 e. The topological polar surface area (TPSA) is 367 Å². The minimum atomic E-state index is 0. The van der Waals surface area contributed by atoms with E-state index in [1.54, 1.807) is 0 Å². The van der Waals surface area contributed by atoms with E-state index in [9.17, 15) is 0 Å². The molecule has 0 aliphatic heterocycles. The van der Waals surface area contributed by atoms with Gasteiger partial charge in [0.05, 0.1) is 0 Å². The first kappa shape index (κ1) is 128. The first-order valence-electron chi connectivity index (χ1n) is 1.10. The second-order valence-electron chi connectivity index (χ2n) is 0.224. The molecule has 110 valence electrons. The van der Waals surface area contributed by atoms with Gasteiger partial charge in [-0.05, 0) is 0 Å². The summed E-state index contributed by atoms with van der Waals surface area (Å²) in [4.78, 5) is 24.0. The Hall–Kier alpha value is -1.42. The summed E-state index contributed by atoms with van der Waals surface area (Å²) in [6.45, 7) is 0. The minimum absolute atomic E-state index is 0. The van der Waals surface area contributed by atoms with Gasteiger partial charge < -0.3 is 67.2 Å². The molecule has 0 saturated carbocycles. The van der Waals surface area contributed by atoms with Crippen LogP contribution >= 0.6 is 0 Å². The van der Waals surface area contributed by atoms with Crippen molar-refractivity contribution in [1.82, 2.24) is 36.9 Å². The first-order valence-corrected chi connectivity index (χ1v) is 1.10. The van der Waals surface area contributed by atoms with Gasteiger partial charge in [0.25, 0.3) is 0 Å². The summed E-state index contributed by atoms with van der Waals surface area (Å²) in [5.74, 6) is 0. The van der Waals surface area contributed by atoms with Gasteiger partial charge in [-0.2, -0.15) is 0 Å². The fourth-order valence-electron chi connectivity index (χ4n) is 0.